The summed E-state index contributed by atoms with van der Waals surface area (Å²) in [5.74, 6) is -0.0541. The van der Waals surface area contributed by atoms with E-state index in [1.807, 2.05) is 0 Å². The smallest absolute Gasteiger partial charge is 0.417 e. The molecule has 2 heterocycles. The van der Waals surface area contributed by atoms with Gasteiger partial charge in [-0.05, 0) is 39.0 Å². The van der Waals surface area contributed by atoms with E-state index in [1.165, 1.54) is 6.07 Å². The molecule has 12 heteroatoms. The van der Waals surface area contributed by atoms with Crippen LogP contribution >= 0.6 is 22.9 Å². The predicted molar refractivity (Wildman–Crippen MR) is 120 cm³/mol. The van der Waals surface area contributed by atoms with Crippen molar-refractivity contribution in [2.45, 2.75) is 39.5 Å². The number of aromatic nitrogens is 2. The highest BCUT2D eigenvalue weighted by Gasteiger charge is 2.32. The Labute approximate surface area is 195 Å². The summed E-state index contributed by atoms with van der Waals surface area (Å²) >= 11 is 6.91. The number of hydrogen-bond acceptors (Lipinski definition) is 7. The summed E-state index contributed by atoms with van der Waals surface area (Å²) in [5.41, 5.74) is 0.0425. The van der Waals surface area contributed by atoms with E-state index in [1.54, 1.807) is 32.9 Å². The molecule has 1 aromatic carbocycles. The van der Waals surface area contributed by atoms with Gasteiger partial charge < -0.3 is 9.57 Å². The number of ketones is 1. The van der Waals surface area contributed by atoms with Crippen molar-refractivity contribution in [2.75, 3.05) is 6.61 Å². The van der Waals surface area contributed by atoms with Gasteiger partial charge in [0.1, 0.15) is 12.4 Å². The highest BCUT2D eigenvalue weighted by atomic mass is 35.5. The van der Waals surface area contributed by atoms with Crippen molar-refractivity contribution >= 4 is 44.6 Å². The Hall–Kier alpha value is -2.92. The minimum absolute atomic E-state index is 0.0917. The van der Waals surface area contributed by atoms with E-state index in [9.17, 15) is 22.8 Å². The number of hydrogen-bond donors (Lipinski definition) is 0. The predicted octanol–water partition coefficient (Wildman–Crippen LogP) is 5.26. The number of oxime groups is 1. The van der Waals surface area contributed by atoms with Gasteiger partial charge in [0.25, 0.3) is 0 Å². The zero-order valence-corrected chi connectivity index (χ0v) is 19.3. The van der Waals surface area contributed by atoms with E-state index in [-0.39, 0.29) is 29.7 Å². The molecule has 0 spiro atoms. The Balaban J connectivity index is 1.86. The molecule has 33 heavy (non-hydrogen) atoms. The molecule has 0 N–H and O–H groups in total. The van der Waals surface area contributed by atoms with Crippen molar-refractivity contribution in [3.05, 3.63) is 50.7 Å². The van der Waals surface area contributed by atoms with Gasteiger partial charge in [-0.3, -0.25) is 9.59 Å². The Kier molecular flexibility index (Phi) is 7.43. The average molecular weight is 502 g/mol. The van der Waals surface area contributed by atoms with Crippen molar-refractivity contribution < 1.29 is 27.5 Å². The Morgan fingerprint density at radius 3 is 2.67 bits per heavy atom. The number of halogens is 4. The minimum Gasteiger partial charge on any atom is -0.483 e. The van der Waals surface area contributed by atoms with Crippen LogP contribution < -0.4 is 9.61 Å². The van der Waals surface area contributed by atoms with Gasteiger partial charge in [0, 0.05) is 18.7 Å². The number of Topliss-reactive ketones (excluding diaryl/α,β-unsaturated/α-hetero) is 1. The lowest BCUT2D eigenvalue weighted by Crippen LogP contribution is -2.24. The van der Waals surface area contributed by atoms with E-state index in [2.05, 4.69) is 10.1 Å². The third-order valence-electron chi connectivity index (χ3n) is 4.37. The summed E-state index contributed by atoms with van der Waals surface area (Å²) in [6.07, 6.45) is -4.71. The topological polar surface area (TPSA) is 82.8 Å². The van der Waals surface area contributed by atoms with Crippen molar-refractivity contribution in [3.8, 4) is 11.6 Å². The standard InChI is InChI=1S/C21H19ClF3N3O4S/c1-11(2)27-31-7-6-17(29)12(3)32-14-4-5-18-16(9-14)28(20(30)33-18)19-15(22)8-13(10-26-19)21(23,24)25/h4-5,8-10,12H,6-7H2,1-3H3. The average Bonchev–Trinajstić information content (AvgIpc) is 3.05. The van der Waals surface area contributed by atoms with Gasteiger partial charge in [0.15, 0.2) is 17.7 Å². The molecule has 0 amide bonds. The zero-order valence-electron chi connectivity index (χ0n) is 17.8. The molecule has 3 rings (SSSR count). The highest BCUT2D eigenvalue weighted by molar-refractivity contribution is 7.16. The number of rotatable bonds is 8. The fourth-order valence-electron chi connectivity index (χ4n) is 2.81. The highest BCUT2D eigenvalue weighted by Crippen LogP contribution is 2.33. The van der Waals surface area contributed by atoms with Gasteiger partial charge in [-0.25, -0.2) is 9.55 Å². The molecular weight excluding hydrogens is 483 g/mol. The SMILES string of the molecule is CC(C)=NOCCC(=O)C(C)Oc1ccc2sc(=O)n(-c3ncc(C(F)(F)F)cc3Cl)c2c1. The van der Waals surface area contributed by atoms with Crippen LogP contribution in [0.15, 0.2) is 40.4 Å². The number of pyridine rings is 1. The molecule has 0 aliphatic rings. The van der Waals surface area contributed by atoms with Gasteiger partial charge in [0.2, 0.25) is 0 Å². The lowest BCUT2D eigenvalue weighted by atomic mass is 10.2. The van der Waals surface area contributed by atoms with Crippen molar-refractivity contribution in [3.63, 3.8) is 0 Å². The van der Waals surface area contributed by atoms with E-state index in [0.717, 1.165) is 21.6 Å². The first-order chi connectivity index (χ1) is 15.5. The first-order valence-corrected chi connectivity index (χ1v) is 10.9. The van der Waals surface area contributed by atoms with E-state index in [4.69, 9.17) is 21.2 Å². The summed E-state index contributed by atoms with van der Waals surface area (Å²) in [5, 5.41) is 3.43. The third kappa shape index (κ3) is 5.91. The van der Waals surface area contributed by atoms with Gasteiger partial charge in [-0.15, -0.1) is 0 Å². The number of benzene rings is 1. The van der Waals surface area contributed by atoms with Crippen molar-refractivity contribution in [1.82, 2.24) is 9.55 Å². The summed E-state index contributed by atoms with van der Waals surface area (Å²) in [6, 6.07) is 5.43. The fraction of sp³-hybridized carbons (Fsp3) is 0.333. The molecule has 176 valence electrons. The fourth-order valence-corrected chi connectivity index (χ4v) is 3.92. The third-order valence-corrected chi connectivity index (χ3v) is 5.57. The number of carbonyl (C=O) groups excluding carboxylic acids is 1. The largest absolute Gasteiger partial charge is 0.483 e. The van der Waals surface area contributed by atoms with Crippen LogP contribution in [0, 0.1) is 0 Å². The maximum Gasteiger partial charge on any atom is 0.417 e. The van der Waals surface area contributed by atoms with Crippen LogP contribution in [0.3, 0.4) is 0 Å². The molecule has 2 aromatic heterocycles. The van der Waals surface area contributed by atoms with E-state index in [0.29, 0.717) is 28.2 Å². The summed E-state index contributed by atoms with van der Waals surface area (Å²) in [6.45, 7) is 5.22. The maximum atomic E-state index is 12.9. The lowest BCUT2D eigenvalue weighted by Gasteiger charge is -2.14. The monoisotopic (exact) mass is 501 g/mol. The summed E-state index contributed by atoms with van der Waals surface area (Å²) in [4.78, 5) is 33.1. The molecule has 0 saturated heterocycles. The van der Waals surface area contributed by atoms with Crippen LogP contribution in [0.4, 0.5) is 13.2 Å². The van der Waals surface area contributed by atoms with E-state index >= 15 is 0 Å². The van der Waals surface area contributed by atoms with Crippen molar-refractivity contribution in [2.24, 2.45) is 5.16 Å². The van der Waals surface area contributed by atoms with Crippen LogP contribution in [-0.2, 0) is 15.8 Å². The minimum atomic E-state index is -4.62. The van der Waals surface area contributed by atoms with E-state index < -0.39 is 22.7 Å². The molecule has 0 radical (unpaired) electrons. The number of thiazole rings is 1. The lowest BCUT2D eigenvalue weighted by molar-refractivity contribution is -0.137. The molecule has 1 atom stereocenters. The number of nitrogens with zero attached hydrogens (tertiary/aromatic N) is 3. The first-order valence-electron chi connectivity index (χ1n) is 9.68. The van der Waals surface area contributed by atoms with Crippen LogP contribution in [0.25, 0.3) is 16.0 Å². The van der Waals surface area contributed by atoms with Gasteiger partial charge in [-0.2, -0.15) is 13.2 Å². The van der Waals surface area contributed by atoms with Crippen LogP contribution in [0.1, 0.15) is 32.8 Å². The molecule has 0 saturated carbocycles. The number of ether oxygens (including phenoxy) is 1. The van der Waals surface area contributed by atoms with Crippen LogP contribution in [-0.4, -0.2) is 33.8 Å². The molecular formula is C21H19ClF3N3O4S. The number of alkyl halides is 3. The number of carbonyl (C=O) groups is 1. The van der Waals surface area contributed by atoms with Gasteiger partial charge in [0.05, 0.1) is 26.5 Å². The molecule has 0 aliphatic carbocycles. The zero-order chi connectivity index (χ0) is 24.3. The first kappa shape index (κ1) is 24.7. The quantitative estimate of drug-likeness (QED) is 0.239. The summed E-state index contributed by atoms with van der Waals surface area (Å²) < 4.78 is 46.1. The summed E-state index contributed by atoms with van der Waals surface area (Å²) in [7, 11) is 0. The molecule has 0 fully saturated rings. The Morgan fingerprint density at radius 1 is 1.30 bits per heavy atom. The van der Waals surface area contributed by atoms with Gasteiger partial charge >= 0.3 is 11.0 Å². The van der Waals surface area contributed by atoms with Crippen molar-refractivity contribution in [1.29, 1.82) is 0 Å². The Morgan fingerprint density at radius 2 is 2.03 bits per heavy atom. The second kappa shape index (κ2) is 9.92. The second-order valence-corrected chi connectivity index (χ2v) is 8.61. The number of fused-ring (bicyclic) bond motifs is 1. The van der Waals surface area contributed by atoms with Gasteiger partial charge in [-0.1, -0.05) is 28.1 Å². The van der Waals surface area contributed by atoms with Crippen LogP contribution in [0.2, 0.25) is 5.02 Å². The molecule has 1 unspecified atom stereocenters. The Bertz CT molecular complexity index is 1270. The molecule has 3 aromatic rings. The molecule has 7 nitrogen and oxygen atoms in total. The van der Waals surface area contributed by atoms with Crippen LogP contribution in [0.5, 0.6) is 5.75 Å². The molecule has 0 aliphatic heterocycles. The normalized spacial score (nSPS) is 12.5. The second-order valence-electron chi connectivity index (χ2n) is 7.21. The maximum absolute atomic E-state index is 12.9. The molecule has 0 bridgehead atoms.